The third-order valence-electron chi connectivity index (χ3n) is 5.47. The lowest BCUT2D eigenvalue weighted by Gasteiger charge is -2.31. The van der Waals surface area contributed by atoms with Gasteiger partial charge in [-0.15, -0.1) is 0 Å². The van der Waals surface area contributed by atoms with Crippen molar-refractivity contribution in [3.63, 3.8) is 0 Å². The zero-order valence-electron chi connectivity index (χ0n) is 16.7. The van der Waals surface area contributed by atoms with Crippen LogP contribution in [0, 0.1) is 6.92 Å². The van der Waals surface area contributed by atoms with E-state index in [4.69, 9.17) is 8.94 Å². The van der Waals surface area contributed by atoms with E-state index in [1.807, 2.05) is 48.2 Å². The normalized spacial score (nSPS) is 16.1. The summed E-state index contributed by atoms with van der Waals surface area (Å²) in [6.45, 7) is 6.56. The van der Waals surface area contributed by atoms with Crippen LogP contribution in [0.15, 0.2) is 63.7 Å². The number of aromatic nitrogens is 1. The molecule has 1 amide bonds. The zero-order valence-corrected chi connectivity index (χ0v) is 16.7. The number of aryl methyl sites for hydroxylation is 1. The molecule has 29 heavy (non-hydrogen) atoms. The fourth-order valence-corrected chi connectivity index (χ4v) is 3.90. The zero-order chi connectivity index (χ0) is 20.1. The summed E-state index contributed by atoms with van der Waals surface area (Å²) in [5.41, 5.74) is 2.11. The van der Waals surface area contributed by atoms with Gasteiger partial charge in [0.2, 0.25) is 0 Å². The summed E-state index contributed by atoms with van der Waals surface area (Å²) in [7, 11) is 0. The second kappa shape index (κ2) is 9.07. The number of carbonyl (C=O) groups excluding carboxylic acids is 1. The second-order valence-electron chi connectivity index (χ2n) is 7.58. The standard InChI is InChI=1S/C22H26N4O3/c1-17-14-19(24-29-17)16-25-9-11-26(12-10-25)21(27)15-23-22(20-8-5-13-28-20)18-6-3-2-4-7-18/h2-8,13-14,22-23H,9-12,15-16H2,1H3/p+2/t22-/m0/s1. The predicted molar refractivity (Wildman–Crippen MR) is 106 cm³/mol. The first kappa shape index (κ1) is 19.4. The van der Waals surface area contributed by atoms with Crippen LogP contribution in [0.4, 0.5) is 0 Å². The van der Waals surface area contributed by atoms with Gasteiger partial charge in [0.05, 0.1) is 32.4 Å². The third kappa shape index (κ3) is 4.93. The first-order valence-electron chi connectivity index (χ1n) is 10.1. The first-order chi connectivity index (χ1) is 14.2. The first-order valence-corrected chi connectivity index (χ1v) is 10.1. The van der Waals surface area contributed by atoms with E-state index in [1.165, 1.54) is 4.90 Å². The number of rotatable bonds is 7. The lowest BCUT2D eigenvalue weighted by molar-refractivity contribution is -0.918. The molecule has 4 rings (SSSR count). The van der Waals surface area contributed by atoms with E-state index in [-0.39, 0.29) is 11.9 Å². The smallest absolute Gasteiger partial charge is 0.278 e. The SMILES string of the molecule is Cc1cc(C[NH+]2CCN(C(=O)C[NH2+][C@@H](c3ccccc3)c3ccco3)CC2)no1. The summed E-state index contributed by atoms with van der Waals surface area (Å²) in [6.07, 6.45) is 1.68. The number of nitrogens with zero attached hydrogens (tertiary/aromatic N) is 2. The lowest BCUT2D eigenvalue weighted by atomic mass is 10.0. The maximum Gasteiger partial charge on any atom is 0.278 e. The Kier molecular flexibility index (Phi) is 6.07. The van der Waals surface area contributed by atoms with Gasteiger partial charge in [-0.05, 0) is 19.1 Å². The average Bonchev–Trinajstić information content (AvgIpc) is 3.42. The van der Waals surface area contributed by atoms with Crippen LogP contribution in [0.5, 0.6) is 0 Å². The van der Waals surface area contributed by atoms with Crippen molar-refractivity contribution >= 4 is 5.91 Å². The van der Waals surface area contributed by atoms with Gasteiger partial charge in [0, 0.05) is 11.6 Å². The van der Waals surface area contributed by atoms with Gasteiger partial charge < -0.3 is 24.1 Å². The highest BCUT2D eigenvalue weighted by Gasteiger charge is 2.27. The van der Waals surface area contributed by atoms with Crippen molar-refractivity contribution < 1.29 is 24.0 Å². The molecule has 152 valence electrons. The number of nitrogens with one attached hydrogen (secondary N) is 1. The third-order valence-corrected chi connectivity index (χ3v) is 5.47. The maximum absolute atomic E-state index is 12.8. The molecule has 3 heterocycles. The molecular weight excluding hydrogens is 368 g/mol. The van der Waals surface area contributed by atoms with Gasteiger partial charge >= 0.3 is 0 Å². The Labute approximate surface area is 170 Å². The average molecular weight is 396 g/mol. The molecule has 1 aromatic carbocycles. The quantitative estimate of drug-likeness (QED) is 0.596. The Bertz CT molecular complexity index is 899. The van der Waals surface area contributed by atoms with Gasteiger partial charge in [0.25, 0.3) is 5.91 Å². The topological polar surface area (TPSA) is 80.5 Å². The molecule has 3 aromatic rings. The highest BCUT2D eigenvalue weighted by Crippen LogP contribution is 2.18. The largest absolute Gasteiger partial charge is 0.463 e. The minimum atomic E-state index is -0.0162. The van der Waals surface area contributed by atoms with E-state index in [2.05, 4.69) is 22.6 Å². The molecule has 2 aromatic heterocycles. The molecule has 0 bridgehead atoms. The molecular formula is C22H28N4O3+2. The maximum atomic E-state index is 12.8. The number of benzene rings is 1. The van der Waals surface area contributed by atoms with Crippen molar-refractivity contribution in [2.45, 2.75) is 19.5 Å². The Morgan fingerprint density at radius 1 is 1.21 bits per heavy atom. The monoisotopic (exact) mass is 396 g/mol. The van der Waals surface area contributed by atoms with Crippen LogP contribution in [0.25, 0.3) is 0 Å². The molecule has 0 unspecified atom stereocenters. The number of carbonyl (C=O) groups is 1. The molecule has 3 N–H and O–H groups in total. The minimum absolute atomic E-state index is 0.0162. The van der Waals surface area contributed by atoms with E-state index >= 15 is 0 Å². The Morgan fingerprint density at radius 2 is 2.00 bits per heavy atom. The number of piperazine rings is 1. The number of amides is 1. The minimum Gasteiger partial charge on any atom is -0.463 e. The van der Waals surface area contributed by atoms with Crippen LogP contribution >= 0.6 is 0 Å². The number of hydrogen-bond donors (Lipinski definition) is 2. The van der Waals surface area contributed by atoms with E-state index in [0.717, 1.165) is 55.5 Å². The summed E-state index contributed by atoms with van der Waals surface area (Å²) in [5, 5.41) is 6.14. The molecule has 0 radical (unpaired) electrons. The van der Waals surface area contributed by atoms with Crippen molar-refractivity contribution in [2.75, 3.05) is 32.7 Å². The van der Waals surface area contributed by atoms with Crippen LogP contribution in [0.1, 0.15) is 28.8 Å². The predicted octanol–water partition coefficient (Wildman–Crippen LogP) is 0.156. The molecule has 1 aliphatic heterocycles. The van der Waals surface area contributed by atoms with Gasteiger partial charge in [-0.25, -0.2) is 0 Å². The highest BCUT2D eigenvalue weighted by atomic mass is 16.5. The molecule has 7 nitrogen and oxygen atoms in total. The molecule has 0 spiro atoms. The second-order valence-corrected chi connectivity index (χ2v) is 7.58. The molecule has 1 fully saturated rings. The van der Waals surface area contributed by atoms with Crippen molar-refractivity contribution in [1.82, 2.24) is 10.1 Å². The van der Waals surface area contributed by atoms with Gasteiger partial charge in [0.1, 0.15) is 18.0 Å². The van der Waals surface area contributed by atoms with Gasteiger partial charge in [-0.1, -0.05) is 35.5 Å². The van der Waals surface area contributed by atoms with E-state index in [1.54, 1.807) is 6.26 Å². The lowest BCUT2D eigenvalue weighted by Crippen LogP contribution is -3.13. The molecule has 1 aliphatic rings. The van der Waals surface area contributed by atoms with Crippen LogP contribution in [-0.2, 0) is 11.3 Å². The number of hydrogen-bond acceptors (Lipinski definition) is 4. The highest BCUT2D eigenvalue weighted by molar-refractivity contribution is 5.77. The Morgan fingerprint density at radius 3 is 2.66 bits per heavy atom. The van der Waals surface area contributed by atoms with E-state index in [9.17, 15) is 4.79 Å². The summed E-state index contributed by atoms with van der Waals surface area (Å²) in [5.74, 6) is 1.88. The van der Waals surface area contributed by atoms with Gasteiger partial charge in [-0.2, -0.15) is 0 Å². The molecule has 1 saturated heterocycles. The summed E-state index contributed by atoms with van der Waals surface area (Å²) in [6, 6.07) is 16.0. The van der Waals surface area contributed by atoms with Crippen LogP contribution < -0.4 is 10.2 Å². The summed E-state index contributed by atoms with van der Waals surface area (Å²) < 4.78 is 10.8. The Balaban J connectivity index is 1.30. The van der Waals surface area contributed by atoms with Crippen LogP contribution in [0.2, 0.25) is 0 Å². The molecule has 1 atom stereocenters. The fraction of sp³-hybridized carbons (Fsp3) is 0.364. The van der Waals surface area contributed by atoms with Crippen molar-refractivity contribution in [3.05, 3.63) is 77.6 Å². The number of nitrogens with two attached hydrogens (primary N) is 1. The molecule has 0 aliphatic carbocycles. The fourth-order valence-electron chi connectivity index (χ4n) is 3.90. The number of furan rings is 1. The van der Waals surface area contributed by atoms with E-state index in [0.29, 0.717) is 6.54 Å². The Hall–Kier alpha value is -2.90. The molecule has 7 heteroatoms. The van der Waals surface area contributed by atoms with Crippen molar-refractivity contribution in [1.29, 1.82) is 0 Å². The summed E-state index contributed by atoms with van der Waals surface area (Å²) >= 11 is 0. The molecule has 0 saturated carbocycles. The number of quaternary nitrogens is 2. The summed E-state index contributed by atoms with van der Waals surface area (Å²) in [4.78, 5) is 16.2. The van der Waals surface area contributed by atoms with Gasteiger partial charge in [0.15, 0.2) is 18.3 Å². The van der Waals surface area contributed by atoms with Crippen LogP contribution in [-0.4, -0.2) is 48.7 Å². The van der Waals surface area contributed by atoms with E-state index < -0.39 is 0 Å². The van der Waals surface area contributed by atoms with Gasteiger partial charge in [-0.3, -0.25) is 4.79 Å². The van der Waals surface area contributed by atoms with Crippen molar-refractivity contribution in [3.8, 4) is 0 Å². The van der Waals surface area contributed by atoms with Crippen LogP contribution in [0.3, 0.4) is 0 Å². The van der Waals surface area contributed by atoms with Crippen molar-refractivity contribution in [2.24, 2.45) is 0 Å².